The summed E-state index contributed by atoms with van der Waals surface area (Å²) in [7, 11) is 0. The molecule has 1 unspecified atom stereocenters. The monoisotopic (exact) mass is 757 g/mol. The molecule has 0 saturated carbocycles. The van der Waals surface area contributed by atoms with Gasteiger partial charge in [-0.25, -0.2) is 0 Å². The van der Waals surface area contributed by atoms with E-state index in [1.54, 1.807) is 0 Å². The van der Waals surface area contributed by atoms with Crippen molar-refractivity contribution < 1.29 is 4.42 Å². The first-order valence-electron chi connectivity index (χ1n) is 19.9. The van der Waals surface area contributed by atoms with Crippen LogP contribution in [0.2, 0.25) is 0 Å². The highest BCUT2D eigenvalue weighted by Crippen LogP contribution is 2.45. The standard InChI is InChI=1S/C55H35NOS/c1-33-29-37(35-26-28-49-47(30-35)53-43(20-11-22-50(53)57-49)44-21-12-24-52-54(44)45-19-9-10-23-51(45)58-52)32-48(34-13-3-2-4-14-34)56-55(33)36-25-27-42-40-17-6-5-15-38(40)39-16-7-8-18-41(39)46(42)31-36/h2-28,30-32,55H,1,29H2. The highest BCUT2D eigenvalue weighted by molar-refractivity contribution is 7.25. The van der Waals surface area contributed by atoms with E-state index in [1.807, 2.05) is 11.3 Å². The molecule has 11 aromatic rings. The molecule has 3 heteroatoms. The molecule has 0 fully saturated rings. The van der Waals surface area contributed by atoms with Crippen molar-refractivity contribution in [2.45, 2.75) is 12.5 Å². The lowest BCUT2D eigenvalue weighted by atomic mass is 9.89. The largest absolute Gasteiger partial charge is 0.456 e. The Balaban J connectivity index is 1.01. The second-order valence-electron chi connectivity index (χ2n) is 15.5. The number of benzene rings is 9. The zero-order valence-electron chi connectivity index (χ0n) is 31.6. The van der Waals surface area contributed by atoms with Crippen LogP contribution < -0.4 is 0 Å². The van der Waals surface area contributed by atoms with Crippen LogP contribution in [-0.2, 0) is 0 Å². The molecule has 3 heterocycles. The molecule has 0 aliphatic carbocycles. The first-order chi connectivity index (χ1) is 28.7. The Bertz CT molecular complexity index is 3530. The zero-order valence-corrected chi connectivity index (χ0v) is 32.4. The Morgan fingerprint density at radius 2 is 1.12 bits per heavy atom. The van der Waals surface area contributed by atoms with Crippen molar-refractivity contribution in [3.05, 3.63) is 211 Å². The van der Waals surface area contributed by atoms with Crippen LogP contribution in [0.15, 0.2) is 204 Å². The fourth-order valence-corrected chi connectivity index (χ4v) is 10.6. The Kier molecular flexibility index (Phi) is 7.41. The number of nitrogens with zero attached hydrogens (tertiary/aromatic N) is 1. The van der Waals surface area contributed by atoms with Crippen LogP contribution in [0.1, 0.15) is 29.2 Å². The molecule has 12 rings (SSSR count). The summed E-state index contributed by atoms with van der Waals surface area (Å²) in [6, 6.07) is 63.3. The van der Waals surface area contributed by atoms with E-state index in [9.17, 15) is 0 Å². The maximum absolute atomic E-state index is 6.58. The molecule has 0 saturated heterocycles. The number of aliphatic imine (C=N–C) groups is 1. The van der Waals surface area contributed by atoms with Gasteiger partial charge in [0.1, 0.15) is 11.2 Å². The van der Waals surface area contributed by atoms with Gasteiger partial charge in [0.25, 0.3) is 0 Å². The molecule has 1 aliphatic heterocycles. The van der Waals surface area contributed by atoms with E-state index < -0.39 is 0 Å². The second kappa shape index (κ2) is 13.0. The van der Waals surface area contributed by atoms with Gasteiger partial charge in [-0.15, -0.1) is 11.3 Å². The average molecular weight is 758 g/mol. The minimum Gasteiger partial charge on any atom is -0.456 e. The first-order valence-corrected chi connectivity index (χ1v) is 20.7. The normalized spacial score (nSPS) is 14.9. The Hall–Kier alpha value is -7.07. The second-order valence-corrected chi connectivity index (χ2v) is 16.5. The Morgan fingerprint density at radius 1 is 0.483 bits per heavy atom. The van der Waals surface area contributed by atoms with Gasteiger partial charge in [0.05, 0.1) is 11.8 Å². The van der Waals surface area contributed by atoms with Crippen LogP contribution >= 0.6 is 11.3 Å². The van der Waals surface area contributed by atoms with E-state index in [1.165, 1.54) is 69.2 Å². The molecular formula is C55H35NOS. The average Bonchev–Trinajstić information content (AvgIpc) is 3.80. The highest BCUT2D eigenvalue weighted by Gasteiger charge is 2.24. The van der Waals surface area contributed by atoms with Gasteiger partial charge in [-0.3, -0.25) is 4.99 Å². The van der Waals surface area contributed by atoms with Gasteiger partial charge in [-0.1, -0.05) is 146 Å². The molecule has 272 valence electrons. The summed E-state index contributed by atoms with van der Waals surface area (Å²) in [6.07, 6.45) is 2.97. The molecule has 1 aliphatic rings. The van der Waals surface area contributed by atoms with Gasteiger partial charge in [0.15, 0.2) is 0 Å². The third kappa shape index (κ3) is 5.14. The molecule has 1 atom stereocenters. The lowest BCUT2D eigenvalue weighted by Gasteiger charge is -2.18. The third-order valence-corrected chi connectivity index (χ3v) is 13.2. The summed E-state index contributed by atoms with van der Waals surface area (Å²) in [4.78, 5) is 5.55. The number of furan rings is 1. The lowest BCUT2D eigenvalue weighted by Crippen LogP contribution is -2.03. The van der Waals surface area contributed by atoms with Crippen LogP contribution in [0.5, 0.6) is 0 Å². The fourth-order valence-electron chi connectivity index (χ4n) is 9.43. The van der Waals surface area contributed by atoms with Crippen molar-refractivity contribution in [3.8, 4) is 11.1 Å². The number of thiophene rings is 1. The number of hydrogen-bond acceptors (Lipinski definition) is 3. The van der Waals surface area contributed by atoms with E-state index >= 15 is 0 Å². The minimum atomic E-state index is -0.218. The summed E-state index contributed by atoms with van der Waals surface area (Å²) >= 11 is 1.85. The molecule has 0 amide bonds. The molecule has 2 nitrogen and oxygen atoms in total. The van der Waals surface area contributed by atoms with Gasteiger partial charge < -0.3 is 4.42 Å². The number of fused-ring (bicyclic) bond motifs is 12. The van der Waals surface area contributed by atoms with Crippen LogP contribution in [0.3, 0.4) is 0 Å². The maximum Gasteiger partial charge on any atom is 0.136 e. The Morgan fingerprint density at radius 3 is 1.90 bits per heavy atom. The topological polar surface area (TPSA) is 25.5 Å². The van der Waals surface area contributed by atoms with Gasteiger partial charge in [-0.05, 0) is 120 Å². The summed E-state index contributed by atoms with van der Waals surface area (Å²) in [5.74, 6) is 0. The lowest BCUT2D eigenvalue weighted by molar-refractivity contribution is 0.669. The van der Waals surface area contributed by atoms with Crippen molar-refractivity contribution >= 4 is 97.0 Å². The smallest absolute Gasteiger partial charge is 0.136 e. The molecule has 0 radical (unpaired) electrons. The minimum absolute atomic E-state index is 0.218. The quantitative estimate of drug-likeness (QED) is 0.130. The Labute approximate surface area is 339 Å². The fraction of sp³-hybridized carbons (Fsp3) is 0.0364. The van der Waals surface area contributed by atoms with Gasteiger partial charge in [-0.2, -0.15) is 0 Å². The van der Waals surface area contributed by atoms with E-state index in [2.05, 4.69) is 182 Å². The maximum atomic E-state index is 6.58. The van der Waals surface area contributed by atoms with Gasteiger partial charge in [0, 0.05) is 30.9 Å². The van der Waals surface area contributed by atoms with E-state index in [-0.39, 0.29) is 6.04 Å². The molecular weight excluding hydrogens is 723 g/mol. The van der Waals surface area contributed by atoms with E-state index in [4.69, 9.17) is 16.0 Å². The zero-order chi connectivity index (χ0) is 38.3. The molecule has 9 aromatic carbocycles. The predicted octanol–water partition coefficient (Wildman–Crippen LogP) is 15.7. The van der Waals surface area contributed by atoms with Gasteiger partial charge >= 0.3 is 0 Å². The van der Waals surface area contributed by atoms with Crippen molar-refractivity contribution in [3.63, 3.8) is 0 Å². The van der Waals surface area contributed by atoms with Crippen LogP contribution in [0.4, 0.5) is 0 Å². The van der Waals surface area contributed by atoms with Crippen LogP contribution in [-0.4, -0.2) is 5.71 Å². The van der Waals surface area contributed by atoms with Crippen molar-refractivity contribution in [2.24, 2.45) is 4.99 Å². The SMILES string of the molecule is C=C1CC(c2ccc3oc4cccc(-c5cccc6sc7ccccc7c56)c4c3c2)=CC(c2ccccc2)=NC1c1ccc2c3ccccc3c3ccccc3c2c1. The molecule has 0 bridgehead atoms. The van der Waals surface area contributed by atoms with E-state index in [0.29, 0.717) is 6.42 Å². The third-order valence-electron chi connectivity index (χ3n) is 12.1. The van der Waals surface area contributed by atoms with Crippen molar-refractivity contribution in [1.82, 2.24) is 0 Å². The molecule has 0 N–H and O–H groups in total. The van der Waals surface area contributed by atoms with Crippen LogP contribution in [0, 0.1) is 0 Å². The molecule has 0 spiro atoms. The number of rotatable bonds is 4. The van der Waals surface area contributed by atoms with E-state index in [0.717, 1.165) is 49.9 Å². The van der Waals surface area contributed by atoms with Crippen LogP contribution in [0.25, 0.3) is 91.1 Å². The summed E-state index contributed by atoms with van der Waals surface area (Å²) in [5, 5.41) is 12.4. The predicted molar refractivity (Wildman–Crippen MR) is 248 cm³/mol. The number of allylic oxidation sites excluding steroid dienone is 2. The molecule has 58 heavy (non-hydrogen) atoms. The van der Waals surface area contributed by atoms with Crippen molar-refractivity contribution in [1.29, 1.82) is 0 Å². The number of hydrogen-bond donors (Lipinski definition) is 0. The van der Waals surface area contributed by atoms with Crippen molar-refractivity contribution in [2.75, 3.05) is 0 Å². The van der Waals surface area contributed by atoms with Gasteiger partial charge in [0.2, 0.25) is 0 Å². The highest BCUT2D eigenvalue weighted by atomic mass is 32.1. The summed E-state index contributed by atoms with van der Waals surface area (Å²) in [6.45, 7) is 4.77. The summed E-state index contributed by atoms with van der Waals surface area (Å²) in [5.41, 5.74) is 10.8. The first kappa shape index (κ1) is 33.1. The summed E-state index contributed by atoms with van der Waals surface area (Å²) < 4.78 is 9.18. The molecule has 2 aromatic heterocycles.